The second kappa shape index (κ2) is 3.82. The predicted molar refractivity (Wildman–Crippen MR) is 64.7 cm³/mol. The third kappa shape index (κ3) is 1.66. The molecule has 0 saturated carbocycles. The number of anilines is 1. The standard InChI is InChI=1S/C13H12N2O2/c16-10-7-12(17)15(8-10)13-11-4-2-1-3-9(11)5-6-14-13/h1-6,10,16H,7-8H2. The van der Waals surface area contributed by atoms with Crippen LogP contribution < -0.4 is 4.90 Å². The number of pyridine rings is 1. The van der Waals surface area contributed by atoms with Crippen molar-refractivity contribution in [1.29, 1.82) is 0 Å². The maximum atomic E-state index is 11.8. The van der Waals surface area contributed by atoms with Crippen LogP contribution in [0.15, 0.2) is 36.5 Å². The van der Waals surface area contributed by atoms with Gasteiger partial charge in [-0.25, -0.2) is 4.98 Å². The van der Waals surface area contributed by atoms with Gasteiger partial charge in [0.05, 0.1) is 19.1 Å². The highest BCUT2D eigenvalue weighted by molar-refractivity contribution is 6.03. The number of amides is 1. The van der Waals surface area contributed by atoms with Crippen molar-refractivity contribution >= 4 is 22.5 Å². The minimum absolute atomic E-state index is 0.0682. The van der Waals surface area contributed by atoms with Crippen molar-refractivity contribution in [2.45, 2.75) is 12.5 Å². The number of nitrogens with zero attached hydrogens (tertiary/aromatic N) is 2. The van der Waals surface area contributed by atoms with E-state index in [-0.39, 0.29) is 12.3 Å². The van der Waals surface area contributed by atoms with Crippen LogP contribution in [0.2, 0.25) is 0 Å². The van der Waals surface area contributed by atoms with E-state index in [0.29, 0.717) is 12.4 Å². The SMILES string of the molecule is O=C1CC(O)CN1c1nccc2ccccc12. The van der Waals surface area contributed by atoms with Crippen LogP contribution in [0.25, 0.3) is 10.8 Å². The number of β-amino-alcohol motifs (C(OH)–C–C–N with tert-alkyl or cyclic N) is 1. The lowest BCUT2D eigenvalue weighted by atomic mass is 10.1. The van der Waals surface area contributed by atoms with E-state index in [1.165, 1.54) is 0 Å². The molecule has 1 amide bonds. The van der Waals surface area contributed by atoms with Crippen molar-refractivity contribution < 1.29 is 9.90 Å². The Hall–Kier alpha value is -1.94. The molecular weight excluding hydrogens is 216 g/mol. The van der Waals surface area contributed by atoms with Crippen molar-refractivity contribution in [2.75, 3.05) is 11.4 Å². The zero-order chi connectivity index (χ0) is 11.8. The first-order chi connectivity index (χ1) is 8.25. The minimum Gasteiger partial charge on any atom is -0.391 e. The predicted octanol–water partition coefficient (Wildman–Crippen LogP) is 1.33. The fourth-order valence-electron chi connectivity index (χ4n) is 2.21. The first-order valence-corrected chi connectivity index (χ1v) is 5.58. The molecule has 0 radical (unpaired) electrons. The average Bonchev–Trinajstić information content (AvgIpc) is 2.68. The van der Waals surface area contributed by atoms with Gasteiger partial charge in [-0.3, -0.25) is 9.69 Å². The molecule has 0 bridgehead atoms. The van der Waals surface area contributed by atoms with E-state index in [0.717, 1.165) is 10.8 Å². The summed E-state index contributed by atoms with van der Waals surface area (Å²) in [5.41, 5.74) is 0. The molecule has 1 aromatic heterocycles. The third-order valence-corrected chi connectivity index (χ3v) is 3.01. The molecule has 0 spiro atoms. The number of benzene rings is 1. The molecule has 17 heavy (non-hydrogen) atoms. The van der Waals surface area contributed by atoms with E-state index in [1.54, 1.807) is 11.1 Å². The summed E-state index contributed by atoms with van der Waals surface area (Å²) >= 11 is 0. The van der Waals surface area contributed by atoms with E-state index in [2.05, 4.69) is 4.98 Å². The van der Waals surface area contributed by atoms with Gasteiger partial charge in [0.2, 0.25) is 5.91 Å². The van der Waals surface area contributed by atoms with Crippen molar-refractivity contribution in [3.63, 3.8) is 0 Å². The summed E-state index contributed by atoms with van der Waals surface area (Å²) in [5, 5.41) is 11.5. The number of aliphatic hydroxyl groups excluding tert-OH is 1. The van der Waals surface area contributed by atoms with Gasteiger partial charge in [-0.2, -0.15) is 0 Å². The molecule has 2 aromatic rings. The van der Waals surface area contributed by atoms with Crippen molar-refractivity contribution in [3.05, 3.63) is 36.5 Å². The molecule has 1 N–H and O–H groups in total. The minimum atomic E-state index is -0.580. The third-order valence-electron chi connectivity index (χ3n) is 3.01. The van der Waals surface area contributed by atoms with Crippen molar-refractivity contribution in [2.24, 2.45) is 0 Å². The highest BCUT2D eigenvalue weighted by Crippen LogP contribution is 2.27. The monoisotopic (exact) mass is 228 g/mol. The second-order valence-corrected chi connectivity index (χ2v) is 4.22. The van der Waals surface area contributed by atoms with E-state index < -0.39 is 6.10 Å². The van der Waals surface area contributed by atoms with Crippen LogP contribution in [-0.2, 0) is 4.79 Å². The zero-order valence-corrected chi connectivity index (χ0v) is 9.21. The van der Waals surface area contributed by atoms with Crippen LogP contribution in [0, 0.1) is 0 Å². The Labute approximate surface area is 98.5 Å². The summed E-state index contributed by atoms with van der Waals surface area (Å²) in [6, 6.07) is 9.71. The number of carbonyl (C=O) groups is 1. The summed E-state index contributed by atoms with van der Waals surface area (Å²) in [7, 11) is 0. The zero-order valence-electron chi connectivity index (χ0n) is 9.21. The Kier molecular flexibility index (Phi) is 2.30. The van der Waals surface area contributed by atoms with E-state index in [9.17, 15) is 9.90 Å². The number of aliphatic hydroxyl groups is 1. The second-order valence-electron chi connectivity index (χ2n) is 4.22. The van der Waals surface area contributed by atoms with E-state index in [1.807, 2.05) is 30.3 Å². The van der Waals surface area contributed by atoms with Crippen LogP contribution in [0.5, 0.6) is 0 Å². The number of fused-ring (bicyclic) bond motifs is 1. The molecule has 1 aliphatic rings. The molecule has 1 unspecified atom stereocenters. The summed E-state index contributed by atoms with van der Waals surface area (Å²) in [6.07, 6.45) is 1.30. The van der Waals surface area contributed by atoms with Gasteiger partial charge in [-0.15, -0.1) is 0 Å². The molecule has 1 aliphatic heterocycles. The first kappa shape index (κ1) is 10.2. The van der Waals surface area contributed by atoms with Crippen LogP contribution in [-0.4, -0.2) is 28.6 Å². The summed E-state index contributed by atoms with van der Waals surface area (Å²) in [4.78, 5) is 17.6. The maximum absolute atomic E-state index is 11.8. The van der Waals surface area contributed by atoms with Crippen molar-refractivity contribution in [1.82, 2.24) is 4.98 Å². The Balaban J connectivity index is 2.14. The summed E-state index contributed by atoms with van der Waals surface area (Å²) in [6.45, 7) is 0.333. The largest absolute Gasteiger partial charge is 0.391 e. The van der Waals surface area contributed by atoms with Crippen LogP contribution in [0.4, 0.5) is 5.82 Å². The molecule has 3 rings (SSSR count). The van der Waals surface area contributed by atoms with Crippen LogP contribution in [0.1, 0.15) is 6.42 Å². The van der Waals surface area contributed by atoms with Gasteiger partial charge in [0.1, 0.15) is 5.82 Å². The molecule has 1 atom stereocenters. The van der Waals surface area contributed by atoms with Gasteiger partial charge in [-0.05, 0) is 11.5 Å². The number of hydrogen-bond donors (Lipinski definition) is 1. The Morgan fingerprint density at radius 3 is 2.88 bits per heavy atom. The van der Waals surface area contributed by atoms with Crippen LogP contribution >= 0.6 is 0 Å². The fourth-order valence-corrected chi connectivity index (χ4v) is 2.21. The normalized spacial score (nSPS) is 20.2. The maximum Gasteiger partial charge on any atom is 0.230 e. The lowest BCUT2D eigenvalue weighted by Crippen LogP contribution is -2.26. The average molecular weight is 228 g/mol. The Bertz CT molecular complexity index is 577. The van der Waals surface area contributed by atoms with Gasteiger partial charge in [0.25, 0.3) is 0 Å². The van der Waals surface area contributed by atoms with Gasteiger partial charge >= 0.3 is 0 Å². The Morgan fingerprint density at radius 2 is 2.12 bits per heavy atom. The number of aromatic nitrogens is 1. The molecule has 86 valence electrons. The Morgan fingerprint density at radius 1 is 1.29 bits per heavy atom. The van der Waals surface area contributed by atoms with Crippen molar-refractivity contribution in [3.8, 4) is 0 Å². The fraction of sp³-hybridized carbons (Fsp3) is 0.231. The van der Waals surface area contributed by atoms with E-state index >= 15 is 0 Å². The molecule has 1 saturated heterocycles. The molecule has 1 fully saturated rings. The number of hydrogen-bond acceptors (Lipinski definition) is 3. The topological polar surface area (TPSA) is 53.4 Å². The summed E-state index contributed by atoms with van der Waals surface area (Å²) < 4.78 is 0. The smallest absolute Gasteiger partial charge is 0.230 e. The highest BCUT2D eigenvalue weighted by Gasteiger charge is 2.30. The molecular formula is C13H12N2O2. The molecule has 4 heteroatoms. The van der Waals surface area contributed by atoms with Gasteiger partial charge < -0.3 is 5.11 Å². The molecule has 1 aromatic carbocycles. The highest BCUT2D eigenvalue weighted by atomic mass is 16.3. The summed E-state index contributed by atoms with van der Waals surface area (Å²) in [5.74, 6) is 0.575. The molecule has 0 aliphatic carbocycles. The lowest BCUT2D eigenvalue weighted by molar-refractivity contribution is -0.117. The van der Waals surface area contributed by atoms with E-state index in [4.69, 9.17) is 0 Å². The quantitative estimate of drug-likeness (QED) is 0.801. The molecule has 2 heterocycles. The van der Waals surface area contributed by atoms with Gasteiger partial charge in [0.15, 0.2) is 0 Å². The number of rotatable bonds is 1. The first-order valence-electron chi connectivity index (χ1n) is 5.58. The van der Waals surface area contributed by atoms with Gasteiger partial charge in [0, 0.05) is 11.6 Å². The molecule has 4 nitrogen and oxygen atoms in total. The van der Waals surface area contributed by atoms with Crippen LogP contribution in [0.3, 0.4) is 0 Å². The lowest BCUT2D eigenvalue weighted by Gasteiger charge is -2.16. The van der Waals surface area contributed by atoms with Gasteiger partial charge in [-0.1, -0.05) is 24.3 Å². The number of carbonyl (C=O) groups excluding carboxylic acids is 1.